The molecule has 0 aliphatic heterocycles. The van der Waals surface area contributed by atoms with Crippen molar-refractivity contribution in [1.82, 2.24) is 0 Å². The van der Waals surface area contributed by atoms with Crippen molar-refractivity contribution in [1.29, 1.82) is 0 Å². The van der Waals surface area contributed by atoms with Crippen LogP contribution in [-0.4, -0.2) is 73.4 Å². The molecule has 0 atom stereocenters. The Morgan fingerprint density at radius 3 is 1.15 bits per heavy atom. The molecule has 0 radical (unpaired) electrons. The monoisotopic (exact) mass is 558 g/mol. The largest absolute Gasteiger partial charge is 0.508 e. The van der Waals surface area contributed by atoms with E-state index in [0.717, 1.165) is 0 Å². The topological polar surface area (TPSA) is 35.5 Å². The van der Waals surface area contributed by atoms with E-state index in [1.807, 2.05) is 0 Å². The van der Waals surface area contributed by atoms with Crippen molar-refractivity contribution in [2.45, 2.75) is 54.1 Å². The van der Waals surface area contributed by atoms with E-state index in [0.29, 0.717) is 0 Å². The Morgan fingerprint density at radius 1 is 0.529 bits per heavy atom. The summed E-state index contributed by atoms with van der Waals surface area (Å²) in [6, 6.07) is 0. The number of carbonyl (C=O) groups is 1. The Morgan fingerprint density at radius 2 is 0.853 bits per heavy atom. The van der Waals surface area contributed by atoms with Gasteiger partial charge in [0.05, 0.1) is 0 Å². The van der Waals surface area contributed by atoms with Gasteiger partial charge >= 0.3 is 60.2 Å². The molecule has 0 saturated heterocycles. The standard InChI is InChI=1S/C12H5F19O3/c13-3(14)7(19,20)10(25,26)11(27,28)8(21,22)5(15,16)1-33-4(32)34-2-6(17,18)9(23,24)12(29,30)31/h3H,1-2H2. The minimum atomic E-state index is -8.03. The van der Waals surface area contributed by atoms with Gasteiger partial charge in [-0.25, -0.2) is 13.6 Å². The molecule has 0 aromatic rings. The van der Waals surface area contributed by atoms with Gasteiger partial charge in [-0.05, 0) is 0 Å². The lowest BCUT2D eigenvalue weighted by Gasteiger charge is -2.38. The predicted octanol–water partition coefficient (Wildman–Crippen LogP) is 6.41. The van der Waals surface area contributed by atoms with Gasteiger partial charge in [-0.1, -0.05) is 0 Å². The Bertz CT molecular complexity index is 725. The molecule has 3 nitrogen and oxygen atoms in total. The highest BCUT2D eigenvalue weighted by atomic mass is 19.4. The lowest BCUT2D eigenvalue weighted by molar-refractivity contribution is -0.414. The lowest BCUT2D eigenvalue weighted by Crippen LogP contribution is -2.69. The zero-order valence-corrected chi connectivity index (χ0v) is 14.9. The fourth-order valence-corrected chi connectivity index (χ4v) is 1.50. The number of halogens is 19. The molecule has 0 rings (SSSR count). The van der Waals surface area contributed by atoms with Crippen LogP contribution in [-0.2, 0) is 9.47 Å². The highest BCUT2D eigenvalue weighted by molar-refractivity contribution is 5.60. The third kappa shape index (κ3) is 5.13. The molecule has 0 N–H and O–H groups in total. The van der Waals surface area contributed by atoms with Crippen molar-refractivity contribution in [2.24, 2.45) is 0 Å². The van der Waals surface area contributed by atoms with Gasteiger partial charge < -0.3 is 9.47 Å². The molecule has 34 heavy (non-hydrogen) atoms. The molecule has 0 bridgehead atoms. The van der Waals surface area contributed by atoms with Crippen molar-refractivity contribution in [3.63, 3.8) is 0 Å². The van der Waals surface area contributed by atoms with E-state index in [4.69, 9.17) is 0 Å². The van der Waals surface area contributed by atoms with Gasteiger partial charge in [-0.2, -0.15) is 74.6 Å². The third-order valence-corrected chi connectivity index (χ3v) is 3.50. The lowest BCUT2D eigenvalue weighted by atomic mass is 9.94. The zero-order chi connectivity index (χ0) is 28.0. The van der Waals surface area contributed by atoms with E-state index < -0.39 is 73.4 Å². The summed E-state index contributed by atoms with van der Waals surface area (Å²) >= 11 is 0. The first-order chi connectivity index (χ1) is 14.5. The smallest absolute Gasteiger partial charge is 0.428 e. The number of ether oxygens (including phenoxy) is 2. The average molecular weight is 558 g/mol. The van der Waals surface area contributed by atoms with Crippen LogP contribution in [0.1, 0.15) is 0 Å². The molecule has 22 heteroatoms. The molecule has 0 amide bonds. The van der Waals surface area contributed by atoms with Crippen molar-refractivity contribution in [2.75, 3.05) is 13.2 Å². The Hall–Kier alpha value is -2.06. The van der Waals surface area contributed by atoms with Crippen LogP contribution in [0.3, 0.4) is 0 Å². The fourth-order valence-electron chi connectivity index (χ4n) is 1.50. The van der Waals surface area contributed by atoms with Crippen molar-refractivity contribution < 1.29 is 97.7 Å². The van der Waals surface area contributed by atoms with Crippen LogP contribution in [0.5, 0.6) is 0 Å². The van der Waals surface area contributed by atoms with Gasteiger partial charge in [0.2, 0.25) is 0 Å². The highest BCUT2D eigenvalue weighted by Gasteiger charge is 2.88. The Labute approximate surface area is 172 Å². The number of hydrogen-bond acceptors (Lipinski definition) is 3. The molecule has 0 spiro atoms. The summed E-state index contributed by atoms with van der Waals surface area (Å²) in [7, 11) is 0. The SMILES string of the molecule is O=C(OCC(F)(F)C(F)(F)C(F)(F)F)OCC(F)(F)C(F)(F)C(F)(F)C(F)(F)C(F)(F)C(F)F. The maximum atomic E-state index is 13.3. The molecule has 0 aliphatic rings. The van der Waals surface area contributed by atoms with E-state index in [1.165, 1.54) is 0 Å². The predicted molar refractivity (Wildman–Crippen MR) is 64.0 cm³/mol. The van der Waals surface area contributed by atoms with E-state index >= 15 is 0 Å². The highest BCUT2D eigenvalue weighted by Crippen LogP contribution is 2.58. The molecule has 0 unspecified atom stereocenters. The maximum Gasteiger partial charge on any atom is 0.508 e. The van der Waals surface area contributed by atoms with Gasteiger partial charge in [0.15, 0.2) is 13.2 Å². The van der Waals surface area contributed by atoms with Crippen LogP contribution in [0.2, 0.25) is 0 Å². The van der Waals surface area contributed by atoms with E-state index in [-0.39, 0.29) is 0 Å². The van der Waals surface area contributed by atoms with Crippen LogP contribution in [0.15, 0.2) is 0 Å². The van der Waals surface area contributed by atoms with Crippen LogP contribution >= 0.6 is 0 Å². The van der Waals surface area contributed by atoms with Crippen LogP contribution < -0.4 is 0 Å². The van der Waals surface area contributed by atoms with Crippen molar-refractivity contribution in [3.05, 3.63) is 0 Å². The molecule has 0 saturated carbocycles. The fraction of sp³-hybridized carbons (Fsp3) is 0.917. The van der Waals surface area contributed by atoms with Crippen LogP contribution in [0.4, 0.5) is 88.2 Å². The summed E-state index contributed by atoms with van der Waals surface area (Å²) in [5, 5.41) is 0. The van der Waals surface area contributed by atoms with Gasteiger partial charge in [-0.3, -0.25) is 0 Å². The third-order valence-electron chi connectivity index (χ3n) is 3.50. The minimum Gasteiger partial charge on any atom is -0.428 e. The van der Waals surface area contributed by atoms with E-state index in [1.54, 1.807) is 0 Å². The number of alkyl halides is 19. The summed E-state index contributed by atoms with van der Waals surface area (Å²) < 4.78 is 246. The molecule has 0 aromatic heterocycles. The minimum absolute atomic E-state index is 2.76. The molecule has 0 aliphatic carbocycles. The summed E-state index contributed by atoms with van der Waals surface area (Å²) in [4.78, 5) is 10.7. The summed E-state index contributed by atoms with van der Waals surface area (Å²) in [6.07, 6.45) is -16.1. The summed E-state index contributed by atoms with van der Waals surface area (Å²) in [6.45, 7) is -7.01. The summed E-state index contributed by atoms with van der Waals surface area (Å²) in [5.74, 6) is -51.2. The second kappa shape index (κ2) is 8.86. The Kier molecular flexibility index (Phi) is 8.33. The first-order valence-electron chi connectivity index (χ1n) is 7.33. The van der Waals surface area contributed by atoms with Crippen molar-refractivity contribution >= 4 is 6.16 Å². The van der Waals surface area contributed by atoms with Gasteiger partial charge in [0.25, 0.3) is 0 Å². The maximum absolute atomic E-state index is 13.3. The molecular formula is C12H5F19O3. The van der Waals surface area contributed by atoms with Gasteiger partial charge in [-0.15, -0.1) is 0 Å². The average Bonchev–Trinajstić information content (AvgIpc) is 2.62. The van der Waals surface area contributed by atoms with Crippen LogP contribution in [0.25, 0.3) is 0 Å². The molecule has 204 valence electrons. The quantitative estimate of drug-likeness (QED) is 0.230. The molecular weight excluding hydrogens is 553 g/mol. The van der Waals surface area contributed by atoms with Gasteiger partial charge in [0.1, 0.15) is 0 Å². The first kappa shape index (κ1) is 31.9. The number of rotatable bonds is 10. The molecule has 0 heterocycles. The normalized spacial score (nSPS) is 15.5. The number of carbonyl (C=O) groups excluding carboxylic acids is 1. The number of hydrogen-bond donors (Lipinski definition) is 0. The zero-order valence-electron chi connectivity index (χ0n) is 14.9. The molecule has 0 fully saturated rings. The molecule has 0 aromatic carbocycles. The van der Waals surface area contributed by atoms with Crippen LogP contribution in [0, 0.1) is 0 Å². The van der Waals surface area contributed by atoms with Gasteiger partial charge in [0, 0.05) is 0 Å². The summed E-state index contributed by atoms with van der Waals surface area (Å²) in [5.41, 5.74) is 0. The second-order valence-corrected chi connectivity index (χ2v) is 5.96. The van der Waals surface area contributed by atoms with E-state index in [9.17, 15) is 88.2 Å². The second-order valence-electron chi connectivity index (χ2n) is 5.96. The Balaban J connectivity index is 5.57. The van der Waals surface area contributed by atoms with E-state index in [2.05, 4.69) is 9.47 Å². The first-order valence-corrected chi connectivity index (χ1v) is 7.33. The van der Waals surface area contributed by atoms with Crippen molar-refractivity contribution in [3.8, 4) is 0 Å².